The van der Waals surface area contributed by atoms with Crippen LogP contribution in [0.25, 0.3) is 22.2 Å². The van der Waals surface area contributed by atoms with Gasteiger partial charge in [-0.15, -0.1) is 0 Å². The molecule has 0 aliphatic heterocycles. The van der Waals surface area contributed by atoms with E-state index in [0.29, 0.717) is 39.4 Å². The molecule has 3 amide bonds. The van der Waals surface area contributed by atoms with Crippen LogP contribution >= 0.6 is 0 Å². The van der Waals surface area contributed by atoms with Crippen molar-refractivity contribution in [2.24, 2.45) is 0 Å². The van der Waals surface area contributed by atoms with Crippen molar-refractivity contribution in [2.45, 2.75) is 0 Å². The van der Waals surface area contributed by atoms with Crippen LogP contribution in [-0.4, -0.2) is 57.9 Å². The zero-order chi connectivity index (χ0) is 24.0. The Bertz CT molecular complexity index is 1180. The topological polar surface area (TPSA) is 125 Å². The van der Waals surface area contributed by atoms with Gasteiger partial charge >= 0.3 is 12.0 Å². The van der Waals surface area contributed by atoms with Gasteiger partial charge in [-0.1, -0.05) is 18.2 Å². The van der Waals surface area contributed by atoms with E-state index >= 15 is 0 Å². The van der Waals surface area contributed by atoms with Crippen LogP contribution in [0.5, 0.6) is 17.2 Å². The molecule has 0 fully saturated rings. The molecule has 2 N–H and O–H groups in total. The average molecular weight is 453 g/mol. The van der Waals surface area contributed by atoms with E-state index in [9.17, 15) is 14.4 Å². The number of ether oxygens (including phenoxy) is 4. The number of rotatable bonds is 7. The predicted octanol–water partition coefficient (Wildman–Crippen LogP) is 2.54. The van der Waals surface area contributed by atoms with Crippen LogP contribution in [0.3, 0.4) is 0 Å². The lowest BCUT2D eigenvalue weighted by molar-refractivity contribution is -0.123. The lowest BCUT2D eigenvalue weighted by Crippen LogP contribution is -2.39. The summed E-state index contributed by atoms with van der Waals surface area (Å²) in [6.07, 6.45) is 0. The quantitative estimate of drug-likeness (QED) is 0.523. The Morgan fingerprint density at radius 2 is 1.61 bits per heavy atom. The molecule has 3 aromatic rings. The largest absolute Gasteiger partial charge is 0.493 e. The minimum atomic E-state index is -0.758. The molecule has 0 atom stereocenters. The van der Waals surface area contributed by atoms with Crippen LogP contribution in [0.1, 0.15) is 10.4 Å². The van der Waals surface area contributed by atoms with Crippen LogP contribution in [0.2, 0.25) is 0 Å². The number of urea groups is 1. The number of esters is 1. The number of nitrogens with zero attached hydrogens (tertiary/aromatic N) is 1. The molecule has 1 aromatic heterocycles. The summed E-state index contributed by atoms with van der Waals surface area (Å²) in [5.74, 6) is -0.222. The second-order valence-electron chi connectivity index (χ2n) is 6.69. The Balaban J connectivity index is 2.02. The van der Waals surface area contributed by atoms with Gasteiger partial charge < -0.3 is 24.3 Å². The molecule has 10 heteroatoms. The average Bonchev–Trinajstić information content (AvgIpc) is 2.85. The first-order valence-corrected chi connectivity index (χ1v) is 9.80. The highest BCUT2D eigenvalue weighted by Gasteiger charge is 2.19. The van der Waals surface area contributed by atoms with E-state index in [1.807, 2.05) is 5.32 Å². The molecule has 33 heavy (non-hydrogen) atoms. The first-order valence-electron chi connectivity index (χ1n) is 9.80. The highest BCUT2D eigenvalue weighted by Crippen LogP contribution is 2.41. The molecule has 0 unspecified atom stereocenters. The number of methoxy groups -OCH3 is 3. The second-order valence-corrected chi connectivity index (χ2v) is 6.69. The molecule has 172 valence electrons. The maximum Gasteiger partial charge on any atom is 0.339 e. The van der Waals surface area contributed by atoms with Crippen molar-refractivity contribution in [3.8, 4) is 28.5 Å². The molecule has 1 heterocycles. The summed E-state index contributed by atoms with van der Waals surface area (Å²) < 4.78 is 21.3. The van der Waals surface area contributed by atoms with Gasteiger partial charge in [0.2, 0.25) is 5.75 Å². The van der Waals surface area contributed by atoms with Crippen molar-refractivity contribution in [1.82, 2.24) is 15.6 Å². The van der Waals surface area contributed by atoms with Crippen molar-refractivity contribution in [3.05, 3.63) is 48.0 Å². The fourth-order valence-electron chi connectivity index (χ4n) is 3.16. The van der Waals surface area contributed by atoms with E-state index in [4.69, 9.17) is 18.9 Å². The Hall–Kier alpha value is -4.34. The Morgan fingerprint density at radius 1 is 0.939 bits per heavy atom. The smallest absolute Gasteiger partial charge is 0.339 e. The number of para-hydroxylation sites is 1. The maximum atomic E-state index is 12.8. The van der Waals surface area contributed by atoms with E-state index in [-0.39, 0.29) is 5.56 Å². The van der Waals surface area contributed by atoms with Crippen LogP contribution in [-0.2, 0) is 9.53 Å². The van der Waals surface area contributed by atoms with Crippen molar-refractivity contribution < 1.29 is 33.3 Å². The molecule has 0 bridgehead atoms. The first kappa shape index (κ1) is 23.3. The number of aromatic nitrogens is 1. The summed E-state index contributed by atoms with van der Waals surface area (Å²) in [6, 6.07) is 11.3. The third-order valence-corrected chi connectivity index (χ3v) is 4.71. The van der Waals surface area contributed by atoms with Crippen LogP contribution in [0.15, 0.2) is 42.5 Å². The lowest BCUT2D eigenvalue weighted by atomic mass is 10.0. The molecule has 0 saturated carbocycles. The van der Waals surface area contributed by atoms with Gasteiger partial charge in [0, 0.05) is 18.0 Å². The van der Waals surface area contributed by atoms with Crippen LogP contribution in [0, 0.1) is 0 Å². The third-order valence-electron chi connectivity index (χ3n) is 4.71. The van der Waals surface area contributed by atoms with Gasteiger partial charge in [-0.2, -0.15) is 0 Å². The fraction of sp³-hybridized carbons (Fsp3) is 0.217. The molecule has 0 saturated heterocycles. The Labute approximate surface area is 189 Å². The van der Waals surface area contributed by atoms with Crippen molar-refractivity contribution in [2.75, 3.05) is 35.0 Å². The number of carbonyl (C=O) groups is 3. The maximum absolute atomic E-state index is 12.8. The lowest BCUT2D eigenvalue weighted by Gasteiger charge is -2.15. The molecule has 0 aliphatic carbocycles. The van der Waals surface area contributed by atoms with Crippen LogP contribution < -0.4 is 24.8 Å². The summed E-state index contributed by atoms with van der Waals surface area (Å²) in [5, 5.41) is 4.82. The molecular weight excluding hydrogens is 430 g/mol. The minimum Gasteiger partial charge on any atom is -0.493 e. The van der Waals surface area contributed by atoms with Gasteiger partial charge in [-0.05, 0) is 24.3 Å². The molecule has 2 aromatic carbocycles. The molecule has 0 spiro atoms. The Morgan fingerprint density at radius 3 is 2.21 bits per heavy atom. The number of carbonyl (C=O) groups excluding carboxylic acids is 3. The molecule has 10 nitrogen and oxygen atoms in total. The van der Waals surface area contributed by atoms with E-state index in [1.165, 1.54) is 28.4 Å². The van der Waals surface area contributed by atoms with Gasteiger partial charge in [0.05, 0.1) is 38.1 Å². The highest BCUT2D eigenvalue weighted by molar-refractivity contribution is 6.05. The van der Waals surface area contributed by atoms with Crippen molar-refractivity contribution in [3.63, 3.8) is 0 Å². The van der Waals surface area contributed by atoms with Gasteiger partial charge in [0.1, 0.15) is 0 Å². The number of nitrogens with one attached hydrogen (secondary N) is 2. The Kier molecular flexibility index (Phi) is 7.29. The zero-order valence-corrected chi connectivity index (χ0v) is 18.6. The van der Waals surface area contributed by atoms with Crippen molar-refractivity contribution >= 4 is 28.8 Å². The van der Waals surface area contributed by atoms with Crippen LogP contribution in [0.4, 0.5) is 4.79 Å². The first-order chi connectivity index (χ1) is 15.9. The van der Waals surface area contributed by atoms with Crippen molar-refractivity contribution in [1.29, 1.82) is 0 Å². The van der Waals surface area contributed by atoms with E-state index in [0.717, 1.165) is 0 Å². The number of fused-ring (bicyclic) bond motifs is 1. The second kappa shape index (κ2) is 10.3. The van der Waals surface area contributed by atoms with E-state index in [1.54, 1.807) is 42.5 Å². The normalized spacial score (nSPS) is 10.3. The number of benzene rings is 2. The predicted molar refractivity (Wildman–Crippen MR) is 120 cm³/mol. The number of amides is 3. The fourth-order valence-corrected chi connectivity index (χ4v) is 3.16. The number of pyridine rings is 1. The molecule has 0 radical (unpaired) electrons. The monoisotopic (exact) mass is 453 g/mol. The third kappa shape index (κ3) is 5.12. The molecule has 3 rings (SSSR count). The summed E-state index contributed by atoms with van der Waals surface area (Å²) in [5.41, 5.74) is 1.82. The van der Waals surface area contributed by atoms with Gasteiger partial charge in [-0.3, -0.25) is 10.1 Å². The number of hydrogen-bond acceptors (Lipinski definition) is 8. The van der Waals surface area contributed by atoms with Gasteiger partial charge in [-0.25, -0.2) is 14.6 Å². The van der Waals surface area contributed by atoms with Gasteiger partial charge in [0.15, 0.2) is 18.1 Å². The summed E-state index contributed by atoms with van der Waals surface area (Å²) in [7, 11) is 5.87. The summed E-state index contributed by atoms with van der Waals surface area (Å²) in [6.45, 7) is -0.623. The molecule has 0 aliphatic rings. The SMILES string of the molecule is CNC(=O)NC(=O)COC(=O)c1cc(-c2cc(OC)c(OC)c(OC)c2)nc2ccccc12. The highest BCUT2D eigenvalue weighted by atomic mass is 16.5. The minimum absolute atomic E-state index is 0.206. The van der Waals surface area contributed by atoms with E-state index in [2.05, 4.69) is 10.3 Å². The van der Waals surface area contributed by atoms with E-state index < -0.39 is 24.5 Å². The summed E-state index contributed by atoms with van der Waals surface area (Å²) in [4.78, 5) is 40.5. The number of hydrogen-bond donors (Lipinski definition) is 2. The molecular formula is C23H23N3O7. The van der Waals surface area contributed by atoms with Gasteiger partial charge in [0.25, 0.3) is 5.91 Å². The summed E-state index contributed by atoms with van der Waals surface area (Å²) >= 11 is 0. The standard InChI is InChI=1S/C23H23N3O7/c1-24-23(29)26-20(27)12-33-22(28)15-11-17(25-16-8-6-5-7-14(15)16)13-9-18(30-2)21(32-4)19(10-13)31-3/h5-11H,12H2,1-4H3,(H2,24,26,27,29). The zero-order valence-electron chi connectivity index (χ0n) is 18.6. The number of imide groups is 1.